The Hall–Kier alpha value is -1.68. The van der Waals surface area contributed by atoms with Crippen LogP contribution < -0.4 is 0 Å². The highest BCUT2D eigenvalue weighted by atomic mass is 16.3. The molecule has 2 rings (SSSR count). The first kappa shape index (κ1) is 13.7. The van der Waals surface area contributed by atoms with Crippen molar-refractivity contribution >= 4 is 0 Å². The lowest BCUT2D eigenvalue weighted by atomic mass is 10.1. The van der Waals surface area contributed by atoms with Crippen LogP contribution in [0, 0.1) is 0 Å². The smallest absolute Gasteiger partial charge is 0.0847 e. The highest BCUT2D eigenvalue weighted by Gasteiger charge is 2.12. The second kappa shape index (κ2) is 6.48. The fraction of sp³-hybridized carbons (Fsp3) is 0.467. The standard InChI is InChI=1S/C15H21N3O/c1-3-14(4-2)18-10-7-13(17-18)11-15(19)12-5-8-16-9-6-12/h5-10,14-15,19H,3-4,11H2,1-2H3. The molecule has 0 aliphatic heterocycles. The first-order valence-electron chi connectivity index (χ1n) is 6.86. The molecule has 2 aromatic rings. The molecular weight excluding hydrogens is 238 g/mol. The summed E-state index contributed by atoms with van der Waals surface area (Å²) >= 11 is 0. The molecule has 0 aromatic carbocycles. The molecule has 1 N–H and O–H groups in total. The van der Waals surface area contributed by atoms with Crippen LogP contribution in [0.4, 0.5) is 0 Å². The molecule has 4 nitrogen and oxygen atoms in total. The fourth-order valence-electron chi connectivity index (χ4n) is 2.25. The largest absolute Gasteiger partial charge is 0.388 e. The van der Waals surface area contributed by atoms with E-state index >= 15 is 0 Å². The van der Waals surface area contributed by atoms with Gasteiger partial charge >= 0.3 is 0 Å². The van der Waals surface area contributed by atoms with Gasteiger partial charge in [-0.05, 0) is 36.6 Å². The minimum absolute atomic E-state index is 0.451. The van der Waals surface area contributed by atoms with Crippen LogP contribution in [0.25, 0.3) is 0 Å². The van der Waals surface area contributed by atoms with E-state index in [1.54, 1.807) is 12.4 Å². The Labute approximate surface area is 114 Å². The van der Waals surface area contributed by atoms with Gasteiger partial charge in [0.15, 0.2) is 0 Å². The summed E-state index contributed by atoms with van der Waals surface area (Å²) in [5.74, 6) is 0. The number of hydrogen-bond acceptors (Lipinski definition) is 3. The average molecular weight is 259 g/mol. The molecule has 0 aliphatic carbocycles. The Balaban J connectivity index is 2.04. The molecule has 1 unspecified atom stereocenters. The molecule has 2 aromatic heterocycles. The molecule has 0 aliphatic rings. The summed E-state index contributed by atoms with van der Waals surface area (Å²) in [7, 11) is 0. The van der Waals surface area contributed by atoms with Crippen molar-refractivity contribution in [1.82, 2.24) is 14.8 Å². The van der Waals surface area contributed by atoms with Crippen molar-refractivity contribution in [3.8, 4) is 0 Å². The fourth-order valence-corrected chi connectivity index (χ4v) is 2.25. The van der Waals surface area contributed by atoms with Gasteiger partial charge in [-0.2, -0.15) is 5.10 Å². The Morgan fingerprint density at radius 3 is 2.47 bits per heavy atom. The lowest BCUT2D eigenvalue weighted by Gasteiger charge is -2.13. The maximum atomic E-state index is 10.2. The molecule has 0 fully saturated rings. The van der Waals surface area contributed by atoms with Gasteiger partial charge < -0.3 is 5.11 Å². The lowest BCUT2D eigenvalue weighted by molar-refractivity contribution is 0.176. The van der Waals surface area contributed by atoms with Crippen LogP contribution in [-0.2, 0) is 6.42 Å². The molecule has 0 amide bonds. The van der Waals surface area contributed by atoms with Crippen molar-refractivity contribution in [1.29, 1.82) is 0 Å². The van der Waals surface area contributed by atoms with Crippen molar-refractivity contribution in [2.24, 2.45) is 0 Å². The second-order valence-electron chi connectivity index (χ2n) is 4.76. The van der Waals surface area contributed by atoms with Crippen molar-refractivity contribution < 1.29 is 5.11 Å². The number of aliphatic hydroxyl groups is 1. The maximum Gasteiger partial charge on any atom is 0.0847 e. The topological polar surface area (TPSA) is 50.9 Å². The Morgan fingerprint density at radius 1 is 1.16 bits per heavy atom. The monoisotopic (exact) mass is 259 g/mol. The summed E-state index contributed by atoms with van der Waals surface area (Å²) in [5.41, 5.74) is 1.81. The van der Waals surface area contributed by atoms with E-state index in [0.717, 1.165) is 24.1 Å². The maximum absolute atomic E-state index is 10.2. The van der Waals surface area contributed by atoms with E-state index in [1.807, 2.05) is 29.1 Å². The van der Waals surface area contributed by atoms with Gasteiger partial charge in [0.05, 0.1) is 17.8 Å². The van der Waals surface area contributed by atoms with Crippen molar-refractivity contribution in [2.45, 2.75) is 45.3 Å². The minimum atomic E-state index is -0.520. The van der Waals surface area contributed by atoms with Crippen LogP contribution in [0.3, 0.4) is 0 Å². The van der Waals surface area contributed by atoms with Crippen LogP contribution >= 0.6 is 0 Å². The summed E-state index contributed by atoms with van der Waals surface area (Å²) in [4.78, 5) is 3.95. The first-order chi connectivity index (χ1) is 9.24. The number of aromatic nitrogens is 3. The quantitative estimate of drug-likeness (QED) is 0.867. The van der Waals surface area contributed by atoms with Gasteiger partial charge in [0.25, 0.3) is 0 Å². The zero-order valence-corrected chi connectivity index (χ0v) is 11.5. The number of aliphatic hydroxyl groups excluding tert-OH is 1. The van der Waals surface area contributed by atoms with Gasteiger partial charge in [-0.3, -0.25) is 9.67 Å². The number of nitrogens with zero attached hydrogens (tertiary/aromatic N) is 3. The zero-order valence-electron chi connectivity index (χ0n) is 11.5. The molecule has 0 saturated carbocycles. The highest BCUT2D eigenvalue weighted by molar-refractivity contribution is 5.15. The van der Waals surface area contributed by atoms with Crippen LogP contribution in [0.2, 0.25) is 0 Å². The summed E-state index contributed by atoms with van der Waals surface area (Å²) in [6.07, 6.45) is 7.56. The molecule has 4 heteroatoms. The lowest BCUT2D eigenvalue weighted by Crippen LogP contribution is -2.09. The van der Waals surface area contributed by atoms with Crippen LogP contribution in [0.5, 0.6) is 0 Å². The van der Waals surface area contributed by atoms with Crippen molar-refractivity contribution in [3.05, 3.63) is 48.0 Å². The number of pyridine rings is 1. The van der Waals surface area contributed by atoms with E-state index in [-0.39, 0.29) is 0 Å². The third-order valence-electron chi connectivity index (χ3n) is 3.47. The van der Waals surface area contributed by atoms with Gasteiger partial charge in [-0.1, -0.05) is 13.8 Å². The van der Waals surface area contributed by atoms with Gasteiger partial charge in [-0.25, -0.2) is 0 Å². The Bertz CT molecular complexity index is 491. The van der Waals surface area contributed by atoms with E-state index in [1.165, 1.54) is 0 Å². The summed E-state index contributed by atoms with van der Waals surface area (Å²) in [6.45, 7) is 4.34. The van der Waals surface area contributed by atoms with E-state index < -0.39 is 6.10 Å². The molecule has 0 saturated heterocycles. The SMILES string of the molecule is CCC(CC)n1ccc(CC(O)c2ccncc2)n1. The summed E-state index contributed by atoms with van der Waals surface area (Å²) < 4.78 is 2.01. The molecule has 2 heterocycles. The third kappa shape index (κ3) is 3.41. The van der Waals surface area contributed by atoms with Crippen molar-refractivity contribution in [3.63, 3.8) is 0 Å². The molecule has 19 heavy (non-hydrogen) atoms. The minimum Gasteiger partial charge on any atom is -0.388 e. The predicted octanol–water partition coefficient (Wildman–Crippen LogP) is 2.92. The predicted molar refractivity (Wildman–Crippen MR) is 74.7 cm³/mol. The van der Waals surface area contributed by atoms with Gasteiger partial charge in [0.1, 0.15) is 0 Å². The molecule has 1 atom stereocenters. The van der Waals surface area contributed by atoms with Gasteiger partial charge in [0, 0.05) is 25.0 Å². The molecule has 0 radical (unpaired) electrons. The van der Waals surface area contributed by atoms with Gasteiger partial charge in [-0.15, -0.1) is 0 Å². The molecule has 102 valence electrons. The third-order valence-corrected chi connectivity index (χ3v) is 3.47. The molecule has 0 bridgehead atoms. The first-order valence-corrected chi connectivity index (χ1v) is 6.86. The number of rotatable bonds is 6. The van der Waals surface area contributed by atoms with Crippen molar-refractivity contribution in [2.75, 3.05) is 0 Å². The van der Waals surface area contributed by atoms with Crippen LogP contribution in [-0.4, -0.2) is 19.9 Å². The Morgan fingerprint density at radius 2 is 1.84 bits per heavy atom. The molecular formula is C15H21N3O. The van der Waals surface area contributed by atoms with Crippen LogP contribution in [0.15, 0.2) is 36.8 Å². The van der Waals surface area contributed by atoms with E-state index in [9.17, 15) is 5.11 Å². The number of hydrogen-bond donors (Lipinski definition) is 1. The van der Waals surface area contributed by atoms with Gasteiger partial charge in [0.2, 0.25) is 0 Å². The normalized spacial score (nSPS) is 12.8. The molecule has 0 spiro atoms. The van der Waals surface area contributed by atoms with E-state index in [2.05, 4.69) is 23.9 Å². The van der Waals surface area contributed by atoms with Crippen LogP contribution in [0.1, 0.15) is 50.1 Å². The summed E-state index contributed by atoms with van der Waals surface area (Å²) in [6, 6.07) is 6.11. The average Bonchev–Trinajstić information content (AvgIpc) is 2.89. The second-order valence-corrected chi connectivity index (χ2v) is 4.76. The highest BCUT2D eigenvalue weighted by Crippen LogP contribution is 2.19. The Kier molecular flexibility index (Phi) is 4.68. The zero-order chi connectivity index (χ0) is 13.7. The van der Waals surface area contributed by atoms with E-state index in [4.69, 9.17) is 0 Å². The van der Waals surface area contributed by atoms with E-state index in [0.29, 0.717) is 12.5 Å². The summed E-state index contributed by atoms with van der Waals surface area (Å²) in [5, 5.41) is 14.7.